The molecule has 0 spiro atoms. The second-order valence-corrected chi connectivity index (χ2v) is 13.9. The first-order chi connectivity index (χ1) is 9.81. The van der Waals surface area contributed by atoms with Gasteiger partial charge in [0.2, 0.25) is 0 Å². The van der Waals surface area contributed by atoms with Crippen LogP contribution in [0.3, 0.4) is 0 Å². The number of ether oxygens (including phenoxy) is 2. The normalized spacial score (nSPS) is 30.0. The summed E-state index contributed by atoms with van der Waals surface area (Å²) in [5.74, 6) is 0. The summed E-state index contributed by atoms with van der Waals surface area (Å²) >= 11 is 3.98. The van der Waals surface area contributed by atoms with E-state index in [-0.39, 0.29) is 41.0 Å². The van der Waals surface area contributed by atoms with E-state index in [0.29, 0.717) is 6.79 Å². The molecule has 21 heavy (non-hydrogen) atoms. The molecule has 4 nitrogen and oxygen atoms in total. The van der Waals surface area contributed by atoms with Crippen molar-refractivity contribution in [3.63, 3.8) is 0 Å². The molecule has 113 valence electrons. The van der Waals surface area contributed by atoms with E-state index in [1.807, 2.05) is 0 Å². The Hall–Kier alpha value is 0.479. The van der Waals surface area contributed by atoms with Crippen molar-refractivity contribution in [1.82, 2.24) is 5.06 Å². The summed E-state index contributed by atoms with van der Waals surface area (Å²) in [4.78, 5) is 0. The fourth-order valence-corrected chi connectivity index (χ4v) is 13.8. The first-order valence-electron chi connectivity index (χ1n) is 6.50. The third-order valence-electron chi connectivity index (χ3n) is 3.81. The molecule has 0 bridgehead atoms. The van der Waals surface area contributed by atoms with Crippen LogP contribution in [-0.4, -0.2) is 52.8 Å². The van der Waals surface area contributed by atoms with Crippen molar-refractivity contribution < 1.29 is 14.7 Å². The van der Waals surface area contributed by atoms with Crippen LogP contribution in [0.1, 0.15) is 27.7 Å². The zero-order chi connectivity index (χ0) is 15.0. The van der Waals surface area contributed by atoms with Crippen molar-refractivity contribution in [3.05, 3.63) is 26.7 Å². The van der Waals surface area contributed by atoms with Gasteiger partial charge in [0.25, 0.3) is 0 Å². The molecule has 4 heterocycles. The van der Waals surface area contributed by atoms with Crippen LogP contribution < -0.4 is 0 Å². The maximum absolute atomic E-state index is 12.6. The van der Waals surface area contributed by atoms with E-state index in [2.05, 4.69) is 27.7 Å². The van der Waals surface area contributed by atoms with Gasteiger partial charge < -0.3 is 0 Å². The molecule has 0 atom stereocenters. The first-order valence-corrected chi connectivity index (χ1v) is 11.6. The Labute approximate surface area is 145 Å². The van der Waals surface area contributed by atoms with Crippen LogP contribution in [0.4, 0.5) is 0 Å². The molecule has 0 saturated heterocycles. The van der Waals surface area contributed by atoms with Gasteiger partial charge in [0.15, 0.2) is 0 Å². The molecule has 4 aliphatic heterocycles. The molecule has 1 radical (unpaired) electrons. The molecule has 0 aromatic heterocycles. The van der Waals surface area contributed by atoms with E-state index in [4.69, 9.17) is 9.47 Å². The van der Waals surface area contributed by atoms with Crippen molar-refractivity contribution in [2.24, 2.45) is 0 Å². The maximum atomic E-state index is 12.6. The third-order valence-corrected chi connectivity index (χ3v) is 15.3. The van der Waals surface area contributed by atoms with Crippen molar-refractivity contribution in [1.29, 1.82) is 0 Å². The first kappa shape index (κ1) is 15.0. The van der Waals surface area contributed by atoms with E-state index in [1.54, 1.807) is 23.5 Å². The Balaban J connectivity index is 1.64. The van der Waals surface area contributed by atoms with Crippen LogP contribution >= 0.6 is 23.5 Å². The predicted octanol–water partition coefficient (Wildman–Crippen LogP) is 2.58. The summed E-state index contributed by atoms with van der Waals surface area (Å²) in [6.07, 6.45) is 0. The number of hydroxylamine groups is 2. The van der Waals surface area contributed by atoms with Crippen LogP contribution in [-0.2, 0) is 14.7 Å². The van der Waals surface area contributed by atoms with Gasteiger partial charge >= 0.3 is 145 Å². The summed E-state index contributed by atoms with van der Waals surface area (Å²) in [6, 6.07) is 0. The van der Waals surface area contributed by atoms with E-state index >= 15 is 0 Å². The topological polar surface area (TPSA) is 41.6 Å². The van der Waals surface area contributed by atoms with Gasteiger partial charge in [-0.2, -0.15) is 0 Å². The molecule has 0 saturated carbocycles. The summed E-state index contributed by atoms with van der Waals surface area (Å²) in [5.41, 5.74) is -0.722. The molecule has 0 fully saturated rings. The van der Waals surface area contributed by atoms with E-state index in [1.165, 1.54) is 21.6 Å². The average Bonchev–Trinajstić information content (AvgIpc) is 3.11. The molecular weight excluding hydrogens is 440 g/mol. The summed E-state index contributed by atoms with van der Waals surface area (Å²) in [6.45, 7) is 8.61. The molecule has 0 aromatic carbocycles. The summed E-state index contributed by atoms with van der Waals surface area (Å²) < 4.78 is 16.6. The van der Waals surface area contributed by atoms with Crippen molar-refractivity contribution in [2.45, 2.75) is 38.8 Å². The molecule has 0 aromatic rings. The quantitative estimate of drug-likeness (QED) is 0.527. The van der Waals surface area contributed by atoms with Gasteiger partial charge in [-0.15, -0.1) is 0 Å². The summed E-state index contributed by atoms with van der Waals surface area (Å²) in [5, 5.41) is 15.7. The molecule has 0 unspecified atom stereocenters. The van der Waals surface area contributed by atoms with Crippen LogP contribution in [0, 0.1) is 0 Å². The van der Waals surface area contributed by atoms with E-state index in [0.717, 1.165) is 10.2 Å². The molecule has 0 amide bonds. The Kier molecular flexibility index (Phi) is 3.39. The fourth-order valence-electron chi connectivity index (χ4n) is 2.74. The molecule has 0 aliphatic carbocycles. The molecule has 8 heteroatoms. The summed E-state index contributed by atoms with van der Waals surface area (Å²) in [7, 11) is 0. The zero-order valence-electron chi connectivity index (χ0n) is 12.0. The molecular formula is C13H14NO3S2Se2. The van der Waals surface area contributed by atoms with Gasteiger partial charge in [-0.1, -0.05) is 0 Å². The van der Waals surface area contributed by atoms with Crippen molar-refractivity contribution in [2.75, 3.05) is 6.79 Å². The van der Waals surface area contributed by atoms with Crippen LogP contribution in [0.25, 0.3) is 0 Å². The average molecular weight is 454 g/mol. The minimum atomic E-state index is -0.361. The molecule has 0 N–H and O–H groups in total. The van der Waals surface area contributed by atoms with Gasteiger partial charge in [-0.05, 0) is 0 Å². The number of thioether (sulfide) groups is 2. The van der Waals surface area contributed by atoms with Gasteiger partial charge in [0.1, 0.15) is 0 Å². The van der Waals surface area contributed by atoms with Gasteiger partial charge in [-0.25, -0.2) is 0 Å². The van der Waals surface area contributed by atoms with Crippen LogP contribution in [0.5, 0.6) is 0 Å². The van der Waals surface area contributed by atoms with Crippen molar-refractivity contribution in [3.8, 4) is 0 Å². The number of hydrogen-bond acceptors (Lipinski definition) is 5. The SMILES string of the molecule is CC1(C)C2=C([Se]C(=C3SC4=C(OCO4)S3)[Se]2)C(C)(C)N1[O]. The van der Waals surface area contributed by atoms with Crippen LogP contribution in [0.2, 0.25) is 0 Å². The Morgan fingerprint density at radius 2 is 1.48 bits per heavy atom. The second-order valence-electron chi connectivity index (χ2n) is 6.04. The van der Waals surface area contributed by atoms with E-state index < -0.39 is 0 Å². The van der Waals surface area contributed by atoms with E-state index in [9.17, 15) is 5.21 Å². The Morgan fingerprint density at radius 1 is 1.00 bits per heavy atom. The number of hydrogen-bond donors (Lipinski definition) is 0. The number of rotatable bonds is 0. The second kappa shape index (κ2) is 4.74. The minimum absolute atomic E-state index is 0.282. The van der Waals surface area contributed by atoms with Crippen molar-refractivity contribution >= 4 is 53.4 Å². The Bertz CT molecular complexity index is 591. The molecule has 4 rings (SSSR count). The zero-order valence-corrected chi connectivity index (χ0v) is 17.1. The third kappa shape index (κ3) is 2.04. The Morgan fingerprint density at radius 3 is 1.95 bits per heavy atom. The standard InChI is InChI=1S/C13H14NO3S2Se2/c1-12(2)6-7(13(3,4)14(12)15)21-11(20-6)10-18-8-9(19-10)17-5-16-8/h5H2,1-4H3. The fraction of sp³-hybridized carbons (Fsp3) is 0.538. The van der Waals surface area contributed by atoms with Gasteiger partial charge in [0.05, 0.1) is 0 Å². The predicted molar refractivity (Wildman–Crippen MR) is 85.5 cm³/mol. The molecule has 4 aliphatic rings. The van der Waals surface area contributed by atoms with Crippen LogP contribution in [0.15, 0.2) is 26.7 Å². The monoisotopic (exact) mass is 456 g/mol. The number of nitrogens with zero attached hydrogens (tertiary/aromatic N) is 1. The van der Waals surface area contributed by atoms with Gasteiger partial charge in [-0.3, -0.25) is 0 Å². The van der Waals surface area contributed by atoms with Gasteiger partial charge in [0, 0.05) is 0 Å².